The van der Waals surface area contributed by atoms with Crippen molar-refractivity contribution in [2.24, 2.45) is 0 Å². The Hall–Kier alpha value is -0.240. The molecule has 1 aliphatic carbocycles. The standard InChI is InChI=1S/C14H26ClNO/c1-2-3-4-5-6-7-9-13(17)16-14(12-15)10-8-11-14/h2-12H2,1H3,(H,16,17). The largest absolute Gasteiger partial charge is 0.349 e. The van der Waals surface area contributed by atoms with E-state index in [1.807, 2.05) is 0 Å². The predicted octanol–water partition coefficient (Wildman–Crippen LogP) is 4.01. The monoisotopic (exact) mass is 259 g/mol. The van der Waals surface area contributed by atoms with Crippen molar-refractivity contribution in [3.63, 3.8) is 0 Å². The van der Waals surface area contributed by atoms with Gasteiger partial charge >= 0.3 is 0 Å². The minimum absolute atomic E-state index is 0.0547. The molecular weight excluding hydrogens is 234 g/mol. The van der Waals surface area contributed by atoms with Gasteiger partial charge in [0.25, 0.3) is 0 Å². The molecule has 0 aromatic heterocycles. The SMILES string of the molecule is CCCCCCCCC(=O)NC1(CCl)CCC1. The number of hydrogen-bond donors (Lipinski definition) is 1. The second kappa shape index (κ2) is 7.97. The lowest BCUT2D eigenvalue weighted by atomic mass is 9.78. The Kier molecular flexibility index (Phi) is 6.94. The number of carbonyl (C=O) groups excluding carboxylic acids is 1. The molecule has 0 aromatic rings. The first-order chi connectivity index (χ1) is 8.22. The Bertz CT molecular complexity index is 221. The molecule has 1 fully saturated rings. The zero-order valence-corrected chi connectivity index (χ0v) is 11.8. The van der Waals surface area contributed by atoms with Crippen LogP contribution in [0.25, 0.3) is 0 Å². The van der Waals surface area contributed by atoms with Crippen molar-refractivity contribution >= 4 is 17.5 Å². The van der Waals surface area contributed by atoms with Gasteiger partial charge in [-0.15, -0.1) is 11.6 Å². The number of halogens is 1. The maximum atomic E-state index is 11.7. The molecular formula is C14H26ClNO. The van der Waals surface area contributed by atoms with Gasteiger partial charge in [0.1, 0.15) is 0 Å². The van der Waals surface area contributed by atoms with E-state index in [2.05, 4.69) is 12.2 Å². The van der Waals surface area contributed by atoms with E-state index in [9.17, 15) is 4.79 Å². The second-order valence-corrected chi connectivity index (χ2v) is 5.60. The van der Waals surface area contributed by atoms with Gasteiger partial charge < -0.3 is 5.32 Å². The van der Waals surface area contributed by atoms with Gasteiger partial charge in [-0.25, -0.2) is 0 Å². The first-order valence-corrected chi connectivity index (χ1v) is 7.63. The van der Waals surface area contributed by atoms with Crippen molar-refractivity contribution in [1.29, 1.82) is 0 Å². The van der Waals surface area contributed by atoms with Crippen LogP contribution in [0.1, 0.15) is 71.1 Å². The summed E-state index contributed by atoms with van der Waals surface area (Å²) in [4.78, 5) is 11.7. The maximum Gasteiger partial charge on any atom is 0.220 e. The van der Waals surface area contributed by atoms with Crippen molar-refractivity contribution in [1.82, 2.24) is 5.32 Å². The number of carbonyl (C=O) groups is 1. The number of amides is 1. The molecule has 0 heterocycles. The summed E-state index contributed by atoms with van der Waals surface area (Å²) in [6.45, 7) is 2.22. The highest BCUT2D eigenvalue weighted by Crippen LogP contribution is 2.32. The number of alkyl halides is 1. The highest BCUT2D eigenvalue weighted by Gasteiger charge is 2.37. The Morgan fingerprint density at radius 2 is 1.82 bits per heavy atom. The van der Waals surface area contributed by atoms with E-state index >= 15 is 0 Å². The van der Waals surface area contributed by atoms with E-state index in [1.165, 1.54) is 38.5 Å². The first-order valence-electron chi connectivity index (χ1n) is 7.09. The molecule has 1 saturated carbocycles. The Balaban J connectivity index is 2.01. The fourth-order valence-corrected chi connectivity index (χ4v) is 2.65. The Labute approximate surface area is 110 Å². The van der Waals surface area contributed by atoms with Crippen LogP contribution in [0.4, 0.5) is 0 Å². The van der Waals surface area contributed by atoms with Gasteiger partial charge in [0.15, 0.2) is 0 Å². The molecule has 0 radical (unpaired) electrons. The molecule has 1 aliphatic rings. The molecule has 0 unspecified atom stereocenters. The molecule has 0 atom stereocenters. The highest BCUT2D eigenvalue weighted by molar-refractivity contribution is 6.18. The molecule has 1 rings (SSSR count). The first kappa shape index (κ1) is 14.8. The van der Waals surface area contributed by atoms with Crippen LogP contribution in [0.2, 0.25) is 0 Å². The van der Waals surface area contributed by atoms with Crippen LogP contribution in [-0.2, 0) is 4.79 Å². The lowest BCUT2D eigenvalue weighted by molar-refractivity contribution is -0.123. The molecule has 17 heavy (non-hydrogen) atoms. The molecule has 1 amide bonds. The van der Waals surface area contributed by atoms with Gasteiger partial charge in [0, 0.05) is 12.3 Å². The fraction of sp³-hybridized carbons (Fsp3) is 0.929. The van der Waals surface area contributed by atoms with Gasteiger partial charge in [-0.3, -0.25) is 4.79 Å². The molecule has 0 aromatic carbocycles. The second-order valence-electron chi connectivity index (χ2n) is 5.33. The number of nitrogens with one attached hydrogen (secondary N) is 1. The summed E-state index contributed by atoms with van der Waals surface area (Å²) in [7, 11) is 0. The number of unbranched alkanes of at least 4 members (excludes halogenated alkanes) is 5. The normalized spacial score (nSPS) is 17.5. The van der Waals surface area contributed by atoms with Crippen LogP contribution >= 0.6 is 11.6 Å². The summed E-state index contributed by atoms with van der Waals surface area (Å²) < 4.78 is 0. The van der Waals surface area contributed by atoms with Crippen molar-refractivity contribution in [3.05, 3.63) is 0 Å². The molecule has 0 spiro atoms. The van der Waals surface area contributed by atoms with Gasteiger partial charge in [-0.2, -0.15) is 0 Å². The predicted molar refractivity (Wildman–Crippen MR) is 73.4 cm³/mol. The van der Waals surface area contributed by atoms with Crippen LogP contribution in [0.3, 0.4) is 0 Å². The van der Waals surface area contributed by atoms with Crippen LogP contribution in [0.5, 0.6) is 0 Å². The molecule has 3 heteroatoms. The summed E-state index contributed by atoms with van der Waals surface area (Å²) in [6.07, 6.45) is 11.4. The molecule has 0 saturated heterocycles. The van der Waals surface area contributed by atoms with E-state index in [0.717, 1.165) is 19.3 Å². The molecule has 100 valence electrons. The van der Waals surface area contributed by atoms with E-state index in [0.29, 0.717) is 12.3 Å². The van der Waals surface area contributed by atoms with Crippen LogP contribution < -0.4 is 5.32 Å². The van der Waals surface area contributed by atoms with Crippen LogP contribution in [0, 0.1) is 0 Å². The van der Waals surface area contributed by atoms with Crippen molar-refractivity contribution in [2.45, 2.75) is 76.7 Å². The third kappa shape index (κ3) is 5.29. The van der Waals surface area contributed by atoms with E-state index in [-0.39, 0.29) is 11.4 Å². The van der Waals surface area contributed by atoms with Gasteiger partial charge in [0.05, 0.1) is 5.54 Å². The summed E-state index contributed by atoms with van der Waals surface area (Å²) in [5.41, 5.74) is -0.0547. The highest BCUT2D eigenvalue weighted by atomic mass is 35.5. The van der Waals surface area contributed by atoms with E-state index in [4.69, 9.17) is 11.6 Å². The van der Waals surface area contributed by atoms with Crippen molar-refractivity contribution in [3.8, 4) is 0 Å². The third-order valence-electron chi connectivity index (χ3n) is 3.73. The Morgan fingerprint density at radius 3 is 2.35 bits per heavy atom. The van der Waals surface area contributed by atoms with Crippen LogP contribution in [-0.4, -0.2) is 17.3 Å². The van der Waals surface area contributed by atoms with Gasteiger partial charge in [-0.05, 0) is 25.7 Å². The summed E-state index contributed by atoms with van der Waals surface area (Å²) in [6, 6.07) is 0. The summed E-state index contributed by atoms with van der Waals surface area (Å²) in [5.74, 6) is 0.760. The number of hydrogen-bond acceptors (Lipinski definition) is 1. The lowest BCUT2D eigenvalue weighted by Crippen LogP contribution is -2.54. The number of rotatable bonds is 9. The molecule has 0 bridgehead atoms. The van der Waals surface area contributed by atoms with Crippen LogP contribution in [0.15, 0.2) is 0 Å². The zero-order chi connectivity index (χ0) is 12.6. The Morgan fingerprint density at radius 1 is 1.18 bits per heavy atom. The van der Waals surface area contributed by atoms with Gasteiger partial charge in [0.2, 0.25) is 5.91 Å². The van der Waals surface area contributed by atoms with Crippen molar-refractivity contribution in [2.75, 3.05) is 5.88 Å². The molecule has 1 N–H and O–H groups in total. The minimum atomic E-state index is -0.0547. The molecule has 0 aliphatic heterocycles. The average molecular weight is 260 g/mol. The minimum Gasteiger partial charge on any atom is -0.349 e. The molecule has 2 nitrogen and oxygen atoms in total. The summed E-state index contributed by atoms with van der Waals surface area (Å²) in [5, 5.41) is 3.11. The quantitative estimate of drug-likeness (QED) is 0.492. The summed E-state index contributed by atoms with van der Waals surface area (Å²) >= 11 is 5.91. The fourth-order valence-electron chi connectivity index (χ4n) is 2.32. The third-order valence-corrected chi connectivity index (χ3v) is 4.24. The van der Waals surface area contributed by atoms with E-state index in [1.54, 1.807) is 0 Å². The average Bonchev–Trinajstić information content (AvgIpc) is 2.28. The topological polar surface area (TPSA) is 29.1 Å². The smallest absolute Gasteiger partial charge is 0.220 e. The van der Waals surface area contributed by atoms with Crippen molar-refractivity contribution < 1.29 is 4.79 Å². The zero-order valence-electron chi connectivity index (χ0n) is 11.1. The van der Waals surface area contributed by atoms with Gasteiger partial charge in [-0.1, -0.05) is 39.0 Å². The maximum absolute atomic E-state index is 11.7. The lowest BCUT2D eigenvalue weighted by Gasteiger charge is -2.41. The van der Waals surface area contributed by atoms with E-state index < -0.39 is 0 Å².